The Morgan fingerprint density at radius 1 is 0.765 bits per heavy atom. The number of furan rings is 1. The molecule has 34 heavy (non-hydrogen) atoms. The number of ketones is 1. The van der Waals surface area contributed by atoms with Gasteiger partial charge in [-0.15, -0.1) is 0 Å². The Labute approximate surface area is 195 Å². The summed E-state index contributed by atoms with van der Waals surface area (Å²) >= 11 is 0. The zero-order chi connectivity index (χ0) is 24.0. The molecule has 0 bridgehead atoms. The van der Waals surface area contributed by atoms with Gasteiger partial charge in [0.15, 0.2) is 12.4 Å². The van der Waals surface area contributed by atoms with Gasteiger partial charge in [-0.2, -0.15) is 0 Å². The van der Waals surface area contributed by atoms with Crippen molar-refractivity contribution < 1.29 is 33.4 Å². The maximum absolute atomic E-state index is 13.0. The van der Waals surface area contributed by atoms with E-state index < -0.39 is 29.9 Å². The minimum absolute atomic E-state index is 0.0522. The van der Waals surface area contributed by atoms with Crippen molar-refractivity contribution in [2.24, 2.45) is 0 Å². The largest absolute Gasteiger partial charge is 0.457 e. The molecule has 0 saturated heterocycles. The summed E-state index contributed by atoms with van der Waals surface area (Å²) in [5.41, 5.74) is -1.19. The Hall–Kier alpha value is -4.49. The minimum Gasteiger partial charge on any atom is -0.457 e. The maximum atomic E-state index is 13.0. The highest BCUT2D eigenvalue weighted by Crippen LogP contribution is 2.31. The summed E-state index contributed by atoms with van der Waals surface area (Å²) in [5.74, 6) is -1.85. The molecule has 0 spiro atoms. The van der Waals surface area contributed by atoms with Gasteiger partial charge in [-0.1, -0.05) is 60.7 Å². The summed E-state index contributed by atoms with van der Waals surface area (Å²) < 4.78 is 15.4. The molecule has 4 aromatic rings. The predicted molar refractivity (Wildman–Crippen MR) is 121 cm³/mol. The highest BCUT2D eigenvalue weighted by atomic mass is 16.6. The van der Waals surface area contributed by atoms with E-state index in [2.05, 4.69) is 0 Å². The Bertz CT molecular complexity index is 1220. The second kappa shape index (κ2) is 9.97. The zero-order valence-corrected chi connectivity index (χ0v) is 17.9. The lowest BCUT2D eigenvalue weighted by atomic mass is 9.86. The first-order valence-corrected chi connectivity index (χ1v) is 10.4. The quantitative estimate of drug-likeness (QED) is 0.241. The SMILES string of the molecule is O=C(COC(=O)C(O)(c1ccccc1)c1ccccc1)c1ccc(OC(=O)c2ccco2)cc1. The van der Waals surface area contributed by atoms with E-state index in [1.807, 2.05) is 0 Å². The summed E-state index contributed by atoms with van der Waals surface area (Å²) in [6.45, 7) is -0.577. The molecule has 0 aliphatic carbocycles. The number of aliphatic hydroxyl groups is 1. The van der Waals surface area contributed by atoms with Crippen molar-refractivity contribution in [3.8, 4) is 5.75 Å². The highest BCUT2D eigenvalue weighted by Gasteiger charge is 2.41. The molecular weight excluding hydrogens is 436 g/mol. The Kier molecular flexibility index (Phi) is 6.66. The van der Waals surface area contributed by atoms with Crippen LogP contribution in [0, 0.1) is 0 Å². The molecule has 0 unspecified atom stereocenters. The molecule has 0 radical (unpaired) electrons. The van der Waals surface area contributed by atoms with Gasteiger partial charge in [-0.3, -0.25) is 4.79 Å². The van der Waals surface area contributed by atoms with Crippen LogP contribution in [-0.4, -0.2) is 29.4 Å². The number of ether oxygens (including phenoxy) is 2. The molecule has 0 aliphatic rings. The molecule has 0 amide bonds. The molecule has 170 valence electrons. The third-order valence-corrected chi connectivity index (χ3v) is 5.12. The number of carbonyl (C=O) groups is 3. The smallest absolute Gasteiger partial charge is 0.379 e. The van der Waals surface area contributed by atoms with Crippen LogP contribution in [0.25, 0.3) is 0 Å². The summed E-state index contributed by atoms with van der Waals surface area (Å²) in [6, 6.07) is 25.6. The molecule has 0 saturated carbocycles. The molecule has 7 nitrogen and oxygen atoms in total. The summed E-state index contributed by atoms with van der Waals surface area (Å²) in [5, 5.41) is 11.4. The molecule has 0 fully saturated rings. The average Bonchev–Trinajstić information content (AvgIpc) is 3.43. The minimum atomic E-state index is -2.08. The van der Waals surface area contributed by atoms with Gasteiger partial charge in [0.25, 0.3) is 0 Å². The van der Waals surface area contributed by atoms with E-state index >= 15 is 0 Å². The summed E-state index contributed by atoms with van der Waals surface area (Å²) in [4.78, 5) is 37.5. The second-order valence-corrected chi connectivity index (χ2v) is 7.33. The number of benzene rings is 3. The Morgan fingerprint density at radius 2 is 1.35 bits per heavy atom. The fourth-order valence-corrected chi connectivity index (χ4v) is 3.34. The van der Waals surface area contributed by atoms with E-state index in [1.54, 1.807) is 66.7 Å². The van der Waals surface area contributed by atoms with Crippen LogP contribution in [0.1, 0.15) is 32.0 Å². The summed E-state index contributed by atoms with van der Waals surface area (Å²) in [6.07, 6.45) is 1.36. The van der Waals surface area contributed by atoms with Gasteiger partial charge in [0.05, 0.1) is 6.26 Å². The van der Waals surface area contributed by atoms with E-state index in [4.69, 9.17) is 13.9 Å². The fraction of sp³-hybridized carbons (Fsp3) is 0.0741. The van der Waals surface area contributed by atoms with Gasteiger partial charge in [0, 0.05) is 5.56 Å². The van der Waals surface area contributed by atoms with Crippen molar-refractivity contribution in [3.05, 3.63) is 126 Å². The number of Topliss-reactive ketones (excluding diaryl/α,β-unsaturated/α-hetero) is 1. The van der Waals surface area contributed by atoms with Gasteiger partial charge >= 0.3 is 11.9 Å². The molecule has 0 atom stereocenters. The van der Waals surface area contributed by atoms with E-state index in [9.17, 15) is 19.5 Å². The van der Waals surface area contributed by atoms with Crippen molar-refractivity contribution in [1.82, 2.24) is 0 Å². The van der Waals surface area contributed by atoms with Gasteiger partial charge < -0.3 is 19.0 Å². The molecule has 1 heterocycles. The lowest BCUT2D eigenvalue weighted by Gasteiger charge is -2.26. The lowest BCUT2D eigenvalue weighted by molar-refractivity contribution is -0.160. The first-order valence-electron chi connectivity index (χ1n) is 10.4. The van der Waals surface area contributed by atoms with E-state index in [1.165, 1.54) is 36.6 Å². The van der Waals surface area contributed by atoms with Crippen LogP contribution in [0.15, 0.2) is 108 Å². The lowest BCUT2D eigenvalue weighted by Crippen LogP contribution is -2.39. The number of esters is 2. The van der Waals surface area contributed by atoms with Gasteiger partial charge in [-0.05, 0) is 47.5 Å². The van der Waals surface area contributed by atoms with Crippen molar-refractivity contribution >= 4 is 17.7 Å². The van der Waals surface area contributed by atoms with Gasteiger partial charge in [0.2, 0.25) is 11.4 Å². The molecule has 7 heteroatoms. The molecule has 3 aromatic carbocycles. The molecule has 0 aliphatic heterocycles. The van der Waals surface area contributed by atoms with Crippen LogP contribution < -0.4 is 4.74 Å². The number of carbonyl (C=O) groups excluding carboxylic acids is 3. The zero-order valence-electron chi connectivity index (χ0n) is 17.9. The van der Waals surface area contributed by atoms with Crippen molar-refractivity contribution in [1.29, 1.82) is 0 Å². The molecule has 4 rings (SSSR count). The summed E-state index contributed by atoms with van der Waals surface area (Å²) in [7, 11) is 0. The third-order valence-electron chi connectivity index (χ3n) is 5.12. The fourth-order valence-electron chi connectivity index (χ4n) is 3.34. The van der Waals surface area contributed by atoms with Gasteiger partial charge in [0.1, 0.15) is 5.75 Å². The number of hydrogen-bond donors (Lipinski definition) is 1. The Balaban J connectivity index is 1.44. The molecular formula is C27H20O7. The Morgan fingerprint density at radius 3 is 1.88 bits per heavy atom. The van der Waals surface area contributed by atoms with Crippen LogP contribution in [0.5, 0.6) is 5.75 Å². The monoisotopic (exact) mass is 456 g/mol. The van der Waals surface area contributed by atoms with Crippen molar-refractivity contribution in [3.63, 3.8) is 0 Å². The molecule has 1 N–H and O–H groups in total. The van der Waals surface area contributed by atoms with Crippen LogP contribution in [0.4, 0.5) is 0 Å². The van der Waals surface area contributed by atoms with Crippen LogP contribution in [-0.2, 0) is 15.1 Å². The predicted octanol–water partition coefficient (Wildman–Crippen LogP) is 4.16. The normalized spacial score (nSPS) is 11.0. The van der Waals surface area contributed by atoms with E-state index in [0.29, 0.717) is 11.1 Å². The van der Waals surface area contributed by atoms with Crippen molar-refractivity contribution in [2.45, 2.75) is 5.60 Å². The topological polar surface area (TPSA) is 103 Å². The van der Waals surface area contributed by atoms with E-state index in [-0.39, 0.29) is 17.1 Å². The highest BCUT2D eigenvalue weighted by molar-refractivity contribution is 5.99. The first-order chi connectivity index (χ1) is 16.5. The first kappa shape index (κ1) is 22.7. The number of hydrogen-bond acceptors (Lipinski definition) is 7. The van der Waals surface area contributed by atoms with Crippen molar-refractivity contribution in [2.75, 3.05) is 6.61 Å². The molecule has 1 aromatic heterocycles. The van der Waals surface area contributed by atoms with Crippen LogP contribution in [0.3, 0.4) is 0 Å². The van der Waals surface area contributed by atoms with Crippen LogP contribution >= 0.6 is 0 Å². The van der Waals surface area contributed by atoms with E-state index in [0.717, 1.165) is 0 Å². The standard InChI is InChI=1S/C27H20O7/c28-23(19-13-15-22(16-14-19)34-25(29)24-12-7-17-32-24)18-33-26(30)27(31,20-8-3-1-4-9-20)21-10-5-2-6-11-21/h1-17,31H,18H2. The maximum Gasteiger partial charge on any atom is 0.379 e. The van der Waals surface area contributed by atoms with Crippen LogP contribution in [0.2, 0.25) is 0 Å². The third kappa shape index (κ3) is 4.79. The average molecular weight is 456 g/mol. The van der Waals surface area contributed by atoms with Gasteiger partial charge in [-0.25, -0.2) is 9.59 Å². The number of rotatable bonds is 8. The second-order valence-electron chi connectivity index (χ2n) is 7.33.